The Labute approximate surface area is 147 Å². The number of anilines is 1. The monoisotopic (exact) mass is 366 g/mol. The summed E-state index contributed by atoms with van der Waals surface area (Å²) in [5, 5.41) is 5.53. The molecule has 7 heteroatoms. The molecule has 2 rings (SSSR count). The van der Waals surface area contributed by atoms with Gasteiger partial charge in [-0.25, -0.2) is 13.2 Å². The highest BCUT2D eigenvalue weighted by molar-refractivity contribution is 7.92. The van der Waals surface area contributed by atoms with Crippen molar-refractivity contribution in [1.29, 1.82) is 0 Å². The predicted molar refractivity (Wildman–Crippen MR) is 96.1 cm³/mol. The van der Waals surface area contributed by atoms with Crippen molar-refractivity contribution in [3.05, 3.63) is 59.1 Å². The van der Waals surface area contributed by atoms with Crippen LogP contribution in [0.1, 0.15) is 19.4 Å². The second-order valence-corrected chi connectivity index (χ2v) is 8.49. The standard InChI is InChI=1S/C17H19ClN2O3S/c1-12(2)24(22,23)16-9-7-15(8-10-16)20-17(21)19-11-13-3-5-14(18)6-4-13/h3-10,12H,11H2,1-2H3,(H2,19,20,21). The van der Waals surface area contributed by atoms with E-state index in [2.05, 4.69) is 10.6 Å². The summed E-state index contributed by atoms with van der Waals surface area (Å²) in [7, 11) is -3.31. The molecular weight excluding hydrogens is 348 g/mol. The zero-order chi connectivity index (χ0) is 17.7. The van der Waals surface area contributed by atoms with Crippen molar-refractivity contribution in [3.8, 4) is 0 Å². The molecule has 0 heterocycles. The summed E-state index contributed by atoms with van der Waals surface area (Å²) < 4.78 is 24.1. The van der Waals surface area contributed by atoms with Gasteiger partial charge in [-0.15, -0.1) is 0 Å². The number of rotatable bonds is 5. The number of carbonyl (C=O) groups excluding carboxylic acids is 1. The fraction of sp³-hybridized carbons (Fsp3) is 0.235. The number of carbonyl (C=O) groups is 1. The molecule has 2 aromatic carbocycles. The van der Waals surface area contributed by atoms with E-state index >= 15 is 0 Å². The van der Waals surface area contributed by atoms with Crippen LogP contribution in [0.25, 0.3) is 0 Å². The second kappa shape index (κ2) is 7.68. The molecule has 24 heavy (non-hydrogen) atoms. The third-order valence-electron chi connectivity index (χ3n) is 3.43. The Morgan fingerprint density at radius 3 is 2.17 bits per heavy atom. The molecule has 0 aliphatic heterocycles. The van der Waals surface area contributed by atoms with Gasteiger partial charge in [-0.2, -0.15) is 0 Å². The maximum absolute atomic E-state index is 12.0. The smallest absolute Gasteiger partial charge is 0.319 e. The van der Waals surface area contributed by atoms with Gasteiger partial charge in [0, 0.05) is 17.3 Å². The van der Waals surface area contributed by atoms with Crippen LogP contribution in [0.3, 0.4) is 0 Å². The molecule has 0 saturated heterocycles. The Morgan fingerprint density at radius 1 is 1.04 bits per heavy atom. The van der Waals surface area contributed by atoms with Crippen LogP contribution in [-0.2, 0) is 16.4 Å². The van der Waals surface area contributed by atoms with Crippen LogP contribution in [0.5, 0.6) is 0 Å². The number of nitrogens with one attached hydrogen (secondary N) is 2. The first kappa shape index (κ1) is 18.3. The minimum absolute atomic E-state index is 0.240. The minimum atomic E-state index is -3.31. The lowest BCUT2D eigenvalue weighted by atomic mass is 10.2. The number of benzene rings is 2. The van der Waals surface area contributed by atoms with Crippen molar-refractivity contribution in [3.63, 3.8) is 0 Å². The highest BCUT2D eigenvalue weighted by Crippen LogP contribution is 2.18. The normalized spacial score (nSPS) is 11.3. The first-order valence-electron chi connectivity index (χ1n) is 7.42. The van der Waals surface area contributed by atoms with E-state index in [1.54, 1.807) is 38.1 Å². The van der Waals surface area contributed by atoms with Crippen molar-refractivity contribution in [2.75, 3.05) is 5.32 Å². The molecule has 0 radical (unpaired) electrons. The van der Waals surface area contributed by atoms with Crippen molar-refractivity contribution < 1.29 is 13.2 Å². The van der Waals surface area contributed by atoms with Gasteiger partial charge in [0.05, 0.1) is 10.1 Å². The van der Waals surface area contributed by atoms with Crippen molar-refractivity contribution in [2.45, 2.75) is 30.5 Å². The average Bonchev–Trinajstić information content (AvgIpc) is 2.54. The number of urea groups is 1. The third kappa shape index (κ3) is 4.72. The molecule has 0 aliphatic rings. The fourth-order valence-corrected chi connectivity index (χ4v) is 3.15. The molecule has 128 valence electrons. The minimum Gasteiger partial charge on any atom is -0.334 e. The van der Waals surface area contributed by atoms with Crippen LogP contribution < -0.4 is 10.6 Å². The van der Waals surface area contributed by atoms with E-state index in [9.17, 15) is 13.2 Å². The molecule has 2 amide bonds. The van der Waals surface area contributed by atoms with Crippen LogP contribution in [-0.4, -0.2) is 19.7 Å². The number of halogens is 1. The van der Waals surface area contributed by atoms with Gasteiger partial charge < -0.3 is 10.6 Å². The fourth-order valence-electron chi connectivity index (χ4n) is 1.96. The molecule has 0 saturated carbocycles. The summed E-state index contributed by atoms with van der Waals surface area (Å²) in [5.41, 5.74) is 1.44. The molecule has 2 N–H and O–H groups in total. The SMILES string of the molecule is CC(C)S(=O)(=O)c1ccc(NC(=O)NCc2ccc(Cl)cc2)cc1. The number of hydrogen-bond donors (Lipinski definition) is 2. The van der Waals surface area contributed by atoms with E-state index in [-0.39, 0.29) is 10.9 Å². The zero-order valence-corrected chi connectivity index (χ0v) is 15.0. The molecule has 0 bridgehead atoms. The summed E-state index contributed by atoms with van der Waals surface area (Å²) in [6, 6.07) is 12.9. The number of amides is 2. The van der Waals surface area contributed by atoms with Gasteiger partial charge in [-0.1, -0.05) is 23.7 Å². The second-order valence-electron chi connectivity index (χ2n) is 5.55. The van der Waals surface area contributed by atoms with Gasteiger partial charge in [0.25, 0.3) is 0 Å². The molecule has 0 spiro atoms. The molecule has 0 aliphatic carbocycles. The summed E-state index contributed by atoms with van der Waals surface area (Å²) in [4.78, 5) is 12.1. The van der Waals surface area contributed by atoms with Gasteiger partial charge in [-0.05, 0) is 55.8 Å². The highest BCUT2D eigenvalue weighted by atomic mass is 35.5. The molecule has 0 aromatic heterocycles. The zero-order valence-electron chi connectivity index (χ0n) is 13.4. The van der Waals surface area contributed by atoms with E-state index in [0.29, 0.717) is 17.3 Å². The van der Waals surface area contributed by atoms with Crippen LogP contribution in [0.15, 0.2) is 53.4 Å². The van der Waals surface area contributed by atoms with Gasteiger partial charge in [-0.3, -0.25) is 0 Å². The molecule has 0 atom stereocenters. The lowest BCUT2D eigenvalue weighted by molar-refractivity contribution is 0.251. The largest absolute Gasteiger partial charge is 0.334 e. The Bertz CT molecular complexity index is 801. The van der Waals surface area contributed by atoms with Crippen molar-refractivity contribution in [2.24, 2.45) is 0 Å². The predicted octanol–water partition coefficient (Wildman–Crippen LogP) is 3.84. The lowest BCUT2D eigenvalue weighted by Gasteiger charge is -2.10. The van der Waals surface area contributed by atoms with Crippen LogP contribution in [0.4, 0.5) is 10.5 Å². The van der Waals surface area contributed by atoms with Crippen LogP contribution in [0, 0.1) is 0 Å². The summed E-state index contributed by atoms with van der Waals surface area (Å²) in [5.74, 6) is 0. The van der Waals surface area contributed by atoms with E-state index in [1.165, 1.54) is 12.1 Å². The third-order valence-corrected chi connectivity index (χ3v) is 5.85. The average molecular weight is 367 g/mol. The molecule has 0 unspecified atom stereocenters. The number of hydrogen-bond acceptors (Lipinski definition) is 3. The van der Waals surface area contributed by atoms with E-state index < -0.39 is 15.1 Å². The highest BCUT2D eigenvalue weighted by Gasteiger charge is 2.18. The van der Waals surface area contributed by atoms with Gasteiger partial charge in [0.1, 0.15) is 0 Å². The number of sulfone groups is 1. The quantitative estimate of drug-likeness (QED) is 0.844. The Balaban J connectivity index is 1.93. The van der Waals surface area contributed by atoms with E-state index in [4.69, 9.17) is 11.6 Å². The maximum Gasteiger partial charge on any atom is 0.319 e. The summed E-state index contributed by atoms with van der Waals surface area (Å²) in [6.07, 6.45) is 0. The van der Waals surface area contributed by atoms with Crippen LogP contribution >= 0.6 is 11.6 Å². The van der Waals surface area contributed by atoms with Gasteiger partial charge in [0.2, 0.25) is 0 Å². The van der Waals surface area contributed by atoms with Gasteiger partial charge in [0.15, 0.2) is 9.84 Å². The van der Waals surface area contributed by atoms with Gasteiger partial charge >= 0.3 is 6.03 Å². The Kier molecular flexibility index (Phi) is 5.85. The molecule has 5 nitrogen and oxygen atoms in total. The van der Waals surface area contributed by atoms with Crippen LogP contribution in [0.2, 0.25) is 5.02 Å². The topological polar surface area (TPSA) is 75.3 Å². The van der Waals surface area contributed by atoms with E-state index in [1.807, 2.05) is 12.1 Å². The lowest BCUT2D eigenvalue weighted by Crippen LogP contribution is -2.28. The first-order chi connectivity index (χ1) is 11.3. The molecule has 2 aromatic rings. The van der Waals surface area contributed by atoms with E-state index in [0.717, 1.165) is 5.56 Å². The molecular formula is C17H19ClN2O3S. The van der Waals surface area contributed by atoms with Crippen molar-refractivity contribution in [1.82, 2.24) is 5.32 Å². The Hall–Kier alpha value is -2.05. The first-order valence-corrected chi connectivity index (χ1v) is 9.35. The Morgan fingerprint density at radius 2 is 1.62 bits per heavy atom. The molecule has 0 fully saturated rings. The summed E-state index contributed by atoms with van der Waals surface area (Å²) >= 11 is 5.80. The summed E-state index contributed by atoms with van der Waals surface area (Å²) in [6.45, 7) is 3.63. The van der Waals surface area contributed by atoms with Crippen molar-refractivity contribution >= 4 is 33.2 Å². The maximum atomic E-state index is 12.0.